The number of hydrogen-bond acceptors (Lipinski definition) is 2. The molecule has 1 fully saturated rings. The lowest BCUT2D eigenvalue weighted by atomic mass is 10.2. The molecule has 3 aromatic rings. The van der Waals surface area contributed by atoms with Gasteiger partial charge in [0.05, 0.1) is 6.54 Å². The van der Waals surface area contributed by atoms with Gasteiger partial charge in [0.15, 0.2) is 0 Å². The molecule has 28 heavy (non-hydrogen) atoms. The van der Waals surface area contributed by atoms with Gasteiger partial charge in [-0.05, 0) is 48.4 Å². The first-order chi connectivity index (χ1) is 13.5. The Labute approximate surface area is 167 Å². The largest absolute Gasteiger partial charge is 0.329 e. The van der Waals surface area contributed by atoms with E-state index in [1.165, 1.54) is 4.90 Å². The zero-order chi connectivity index (χ0) is 19.7. The normalized spacial score (nSPS) is 15.4. The second kappa shape index (κ2) is 7.37. The Hall–Kier alpha value is -3.31. The van der Waals surface area contributed by atoms with E-state index >= 15 is 0 Å². The smallest absolute Gasteiger partial charge is 0.317 e. The van der Waals surface area contributed by atoms with Gasteiger partial charge in [0.1, 0.15) is 5.70 Å². The van der Waals surface area contributed by atoms with Gasteiger partial charge in [-0.3, -0.25) is 9.69 Å². The van der Waals surface area contributed by atoms with Crippen LogP contribution in [0.5, 0.6) is 0 Å². The van der Waals surface area contributed by atoms with Crippen molar-refractivity contribution >= 4 is 29.6 Å². The molecule has 6 heteroatoms. The average Bonchev–Trinajstić information content (AvgIpc) is 3.25. The second-order valence-electron chi connectivity index (χ2n) is 6.60. The fraction of sp³-hybridized carbons (Fsp3) is 0.0909. The maximum atomic E-state index is 12.7. The number of carbonyl (C=O) groups excluding carboxylic acids is 2. The molecule has 4 rings (SSSR count). The van der Waals surface area contributed by atoms with E-state index in [4.69, 9.17) is 11.6 Å². The van der Waals surface area contributed by atoms with Crippen LogP contribution in [0.2, 0.25) is 5.02 Å². The maximum Gasteiger partial charge on any atom is 0.329 e. The van der Waals surface area contributed by atoms with Crippen molar-refractivity contribution in [3.05, 3.63) is 94.4 Å². The molecular formula is C22H18ClN3O2. The maximum absolute atomic E-state index is 12.7. The molecule has 0 radical (unpaired) electrons. The molecule has 1 aromatic heterocycles. The van der Waals surface area contributed by atoms with Crippen molar-refractivity contribution in [1.82, 2.24) is 14.8 Å². The van der Waals surface area contributed by atoms with E-state index in [0.717, 1.165) is 22.5 Å². The Bertz CT molecular complexity index is 1090. The summed E-state index contributed by atoms with van der Waals surface area (Å²) in [7, 11) is 0. The van der Waals surface area contributed by atoms with Crippen molar-refractivity contribution in [2.45, 2.75) is 13.5 Å². The standard InChI is InChI=1S/C22H18ClN3O2/c1-15-9-10-18(12-19(15)23)25-11-5-8-17(25)13-20-21(27)26(22(28)24-20)14-16-6-3-2-4-7-16/h2-13H,14H2,1H3,(H,24,28). The summed E-state index contributed by atoms with van der Waals surface area (Å²) in [6.45, 7) is 2.18. The molecule has 2 aromatic carbocycles. The number of benzene rings is 2. The zero-order valence-electron chi connectivity index (χ0n) is 15.2. The fourth-order valence-corrected chi connectivity index (χ4v) is 3.28. The van der Waals surface area contributed by atoms with Gasteiger partial charge in [0.25, 0.3) is 5.91 Å². The third-order valence-corrected chi connectivity index (χ3v) is 5.06. The van der Waals surface area contributed by atoms with Crippen LogP contribution in [0.4, 0.5) is 4.79 Å². The number of halogens is 1. The molecule has 0 unspecified atom stereocenters. The van der Waals surface area contributed by atoms with Gasteiger partial charge >= 0.3 is 6.03 Å². The highest BCUT2D eigenvalue weighted by atomic mass is 35.5. The highest BCUT2D eigenvalue weighted by molar-refractivity contribution is 6.31. The van der Waals surface area contributed by atoms with Crippen LogP contribution in [0.3, 0.4) is 0 Å². The first-order valence-electron chi connectivity index (χ1n) is 8.85. The SMILES string of the molecule is Cc1ccc(-n2cccc2C=C2NC(=O)N(Cc3ccccc3)C2=O)cc1Cl. The molecule has 2 heterocycles. The lowest BCUT2D eigenvalue weighted by Gasteiger charge is -2.11. The number of nitrogens with zero attached hydrogens (tertiary/aromatic N) is 2. The number of urea groups is 1. The topological polar surface area (TPSA) is 54.3 Å². The van der Waals surface area contributed by atoms with Gasteiger partial charge < -0.3 is 9.88 Å². The van der Waals surface area contributed by atoms with E-state index in [2.05, 4.69) is 5.32 Å². The van der Waals surface area contributed by atoms with E-state index in [1.807, 2.05) is 78.4 Å². The summed E-state index contributed by atoms with van der Waals surface area (Å²) in [6.07, 6.45) is 3.56. The Morgan fingerprint density at radius 3 is 2.57 bits per heavy atom. The minimum absolute atomic E-state index is 0.234. The number of hydrogen-bond donors (Lipinski definition) is 1. The number of aryl methyl sites for hydroxylation is 1. The van der Waals surface area contributed by atoms with Crippen molar-refractivity contribution in [3.63, 3.8) is 0 Å². The summed E-state index contributed by atoms with van der Waals surface area (Å²) in [5.41, 5.74) is 3.78. The van der Waals surface area contributed by atoms with Crippen LogP contribution in [0.15, 0.2) is 72.6 Å². The molecule has 1 aliphatic heterocycles. The predicted molar refractivity (Wildman–Crippen MR) is 109 cm³/mol. The number of carbonyl (C=O) groups is 2. The zero-order valence-corrected chi connectivity index (χ0v) is 16.0. The molecule has 1 saturated heterocycles. The first kappa shape index (κ1) is 18.1. The minimum atomic E-state index is -0.420. The number of amides is 3. The van der Waals surface area contributed by atoms with Crippen LogP contribution in [0.1, 0.15) is 16.8 Å². The second-order valence-corrected chi connectivity index (χ2v) is 7.01. The molecule has 1 N–H and O–H groups in total. The van der Waals surface area contributed by atoms with Crippen LogP contribution in [0, 0.1) is 6.92 Å². The molecule has 140 valence electrons. The van der Waals surface area contributed by atoms with Crippen LogP contribution < -0.4 is 5.32 Å². The van der Waals surface area contributed by atoms with E-state index in [-0.39, 0.29) is 18.1 Å². The highest BCUT2D eigenvalue weighted by Crippen LogP contribution is 2.23. The van der Waals surface area contributed by atoms with Gasteiger partial charge in [0, 0.05) is 22.6 Å². The quantitative estimate of drug-likeness (QED) is 0.524. The van der Waals surface area contributed by atoms with Gasteiger partial charge in [-0.1, -0.05) is 48.0 Å². The Kier molecular flexibility index (Phi) is 4.75. The van der Waals surface area contributed by atoms with Gasteiger partial charge in [-0.15, -0.1) is 0 Å². The van der Waals surface area contributed by atoms with Crippen molar-refractivity contribution in [1.29, 1.82) is 0 Å². The molecule has 0 saturated carbocycles. The van der Waals surface area contributed by atoms with E-state index < -0.39 is 6.03 Å². The summed E-state index contributed by atoms with van der Waals surface area (Å²) >= 11 is 6.25. The van der Waals surface area contributed by atoms with Crippen molar-refractivity contribution in [2.75, 3.05) is 0 Å². The molecule has 1 aliphatic rings. The van der Waals surface area contributed by atoms with Crippen LogP contribution in [-0.2, 0) is 11.3 Å². The van der Waals surface area contributed by atoms with E-state index in [0.29, 0.717) is 5.02 Å². The van der Waals surface area contributed by atoms with E-state index in [1.54, 1.807) is 6.08 Å². The summed E-state index contributed by atoms with van der Waals surface area (Å²) < 4.78 is 1.91. The lowest BCUT2D eigenvalue weighted by molar-refractivity contribution is -0.123. The molecule has 0 bridgehead atoms. The third-order valence-electron chi connectivity index (χ3n) is 4.65. The fourth-order valence-electron chi connectivity index (χ4n) is 3.11. The van der Waals surface area contributed by atoms with Gasteiger partial charge in [0.2, 0.25) is 0 Å². The van der Waals surface area contributed by atoms with E-state index in [9.17, 15) is 9.59 Å². The number of aromatic nitrogens is 1. The molecule has 0 aliphatic carbocycles. The van der Waals surface area contributed by atoms with Gasteiger partial charge in [-0.25, -0.2) is 4.79 Å². The lowest BCUT2D eigenvalue weighted by Crippen LogP contribution is -2.30. The number of nitrogens with one attached hydrogen (secondary N) is 1. The van der Waals surface area contributed by atoms with Crippen molar-refractivity contribution in [3.8, 4) is 5.69 Å². The monoisotopic (exact) mass is 391 g/mol. The van der Waals surface area contributed by atoms with Crippen LogP contribution in [0.25, 0.3) is 11.8 Å². The Morgan fingerprint density at radius 2 is 1.82 bits per heavy atom. The summed E-state index contributed by atoms with van der Waals surface area (Å²) in [4.78, 5) is 26.2. The third kappa shape index (κ3) is 3.44. The van der Waals surface area contributed by atoms with Crippen LogP contribution >= 0.6 is 11.6 Å². The van der Waals surface area contributed by atoms with Gasteiger partial charge in [-0.2, -0.15) is 0 Å². The average molecular weight is 392 g/mol. The molecular weight excluding hydrogens is 374 g/mol. The molecule has 3 amide bonds. The number of rotatable bonds is 4. The Morgan fingerprint density at radius 1 is 1.04 bits per heavy atom. The predicted octanol–water partition coefficient (Wildman–Crippen LogP) is 4.53. The van der Waals surface area contributed by atoms with Crippen molar-refractivity contribution < 1.29 is 9.59 Å². The Balaban J connectivity index is 1.62. The highest BCUT2D eigenvalue weighted by Gasteiger charge is 2.33. The van der Waals surface area contributed by atoms with Crippen molar-refractivity contribution in [2.24, 2.45) is 0 Å². The minimum Gasteiger partial charge on any atom is -0.317 e. The summed E-state index contributed by atoms with van der Waals surface area (Å²) in [5.74, 6) is -0.344. The molecule has 5 nitrogen and oxygen atoms in total. The summed E-state index contributed by atoms with van der Waals surface area (Å²) in [5, 5.41) is 3.34. The summed E-state index contributed by atoms with van der Waals surface area (Å²) in [6, 6.07) is 18.5. The van der Waals surface area contributed by atoms with Crippen LogP contribution in [-0.4, -0.2) is 21.4 Å². The first-order valence-corrected chi connectivity index (χ1v) is 9.23. The molecule has 0 atom stereocenters. The number of imide groups is 1. The molecule has 0 spiro atoms.